The average molecular weight is 306 g/mol. The second-order valence-corrected chi connectivity index (χ2v) is 6.25. The maximum atomic E-state index is 5.10. The van der Waals surface area contributed by atoms with Crippen LogP contribution in [-0.2, 0) is 4.74 Å². The Bertz CT molecular complexity index is 294. The van der Waals surface area contributed by atoms with E-state index in [0.717, 1.165) is 26.0 Å². The van der Waals surface area contributed by atoms with Gasteiger partial charge in [-0.05, 0) is 53.9 Å². The largest absolute Gasteiger partial charge is 0.385 e. The predicted molar refractivity (Wildman–Crippen MR) is 74.3 cm³/mol. The molecule has 0 amide bonds. The van der Waals surface area contributed by atoms with E-state index in [1.807, 2.05) is 11.3 Å². The zero-order valence-corrected chi connectivity index (χ0v) is 12.6. The molecule has 4 heteroatoms. The van der Waals surface area contributed by atoms with Gasteiger partial charge in [-0.25, -0.2) is 0 Å². The normalized spacial score (nSPS) is 13.0. The molecular weight excluding hydrogens is 286 g/mol. The third-order valence-electron chi connectivity index (χ3n) is 2.51. The molecule has 1 aromatic heterocycles. The highest BCUT2D eigenvalue weighted by Crippen LogP contribution is 2.33. The van der Waals surface area contributed by atoms with Gasteiger partial charge in [0.2, 0.25) is 0 Å². The third kappa shape index (κ3) is 4.17. The van der Waals surface area contributed by atoms with Crippen LogP contribution < -0.4 is 5.32 Å². The highest BCUT2D eigenvalue weighted by atomic mass is 79.9. The fraction of sp³-hybridized carbons (Fsp3) is 0.667. The summed E-state index contributed by atoms with van der Waals surface area (Å²) >= 11 is 5.42. The van der Waals surface area contributed by atoms with Gasteiger partial charge in [-0.1, -0.05) is 6.92 Å². The second-order valence-electron chi connectivity index (χ2n) is 3.85. The minimum absolute atomic E-state index is 0.468. The fourth-order valence-electron chi connectivity index (χ4n) is 1.68. The molecule has 0 saturated heterocycles. The molecule has 1 heterocycles. The van der Waals surface area contributed by atoms with Gasteiger partial charge in [-0.2, -0.15) is 0 Å². The van der Waals surface area contributed by atoms with Crippen LogP contribution in [0.2, 0.25) is 0 Å². The molecule has 1 N–H and O–H groups in total. The van der Waals surface area contributed by atoms with Gasteiger partial charge in [0.15, 0.2) is 0 Å². The van der Waals surface area contributed by atoms with Crippen LogP contribution in [-0.4, -0.2) is 20.3 Å². The van der Waals surface area contributed by atoms with E-state index < -0.39 is 0 Å². The lowest BCUT2D eigenvalue weighted by molar-refractivity contribution is 0.189. The SMILES string of the molecule is CCNC(CCCOC)c1cc(C)c(Br)s1. The molecule has 0 spiro atoms. The van der Waals surface area contributed by atoms with E-state index in [1.54, 1.807) is 7.11 Å². The number of aryl methyl sites for hydroxylation is 1. The molecule has 0 aromatic carbocycles. The smallest absolute Gasteiger partial charge is 0.0731 e. The van der Waals surface area contributed by atoms with Gasteiger partial charge in [0.05, 0.1) is 3.79 Å². The van der Waals surface area contributed by atoms with Crippen molar-refractivity contribution in [2.75, 3.05) is 20.3 Å². The van der Waals surface area contributed by atoms with E-state index in [4.69, 9.17) is 4.74 Å². The summed E-state index contributed by atoms with van der Waals surface area (Å²) in [6, 6.07) is 2.74. The quantitative estimate of drug-likeness (QED) is 0.772. The number of hydrogen-bond acceptors (Lipinski definition) is 3. The van der Waals surface area contributed by atoms with Crippen LogP contribution in [0.1, 0.15) is 36.2 Å². The summed E-state index contributed by atoms with van der Waals surface area (Å²) < 4.78 is 6.35. The lowest BCUT2D eigenvalue weighted by Gasteiger charge is -2.15. The average Bonchev–Trinajstić information content (AvgIpc) is 2.58. The first-order valence-corrected chi connectivity index (χ1v) is 7.28. The van der Waals surface area contributed by atoms with Gasteiger partial charge in [0, 0.05) is 24.6 Å². The number of ether oxygens (including phenoxy) is 1. The Morgan fingerprint density at radius 2 is 2.31 bits per heavy atom. The van der Waals surface area contributed by atoms with Crippen LogP contribution in [0.5, 0.6) is 0 Å². The van der Waals surface area contributed by atoms with Crippen LogP contribution in [0.4, 0.5) is 0 Å². The van der Waals surface area contributed by atoms with Gasteiger partial charge < -0.3 is 10.1 Å². The van der Waals surface area contributed by atoms with Crippen molar-refractivity contribution in [3.63, 3.8) is 0 Å². The summed E-state index contributed by atoms with van der Waals surface area (Å²) in [4.78, 5) is 1.42. The Hall–Kier alpha value is 0.1000. The predicted octanol–water partition coefficient (Wildman–Crippen LogP) is 3.90. The minimum atomic E-state index is 0.468. The Morgan fingerprint density at radius 3 is 2.81 bits per heavy atom. The van der Waals surface area contributed by atoms with E-state index in [2.05, 4.69) is 41.2 Å². The van der Waals surface area contributed by atoms with Gasteiger partial charge in [0.1, 0.15) is 0 Å². The summed E-state index contributed by atoms with van der Waals surface area (Å²) in [6.07, 6.45) is 2.23. The molecule has 0 aliphatic rings. The van der Waals surface area contributed by atoms with Gasteiger partial charge in [-0.15, -0.1) is 11.3 Å². The van der Waals surface area contributed by atoms with Crippen molar-refractivity contribution < 1.29 is 4.74 Å². The summed E-state index contributed by atoms with van der Waals surface area (Å²) in [6.45, 7) is 6.14. The van der Waals surface area contributed by atoms with E-state index >= 15 is 0 Å². The Labute approximate surface area is 111 Å². The van der Waals surface area contributed by atoms with Crippen LogP contribution in [0.15, 0.2) is 9.85 Å². The first-order chi connectivity index (χ1) is 7.69. The second kappa shape index (κ2) is 7.43. The molecule has 0 bridgehead atoms. The fourth-order valence-corrected chi connectivity index (χ4v) is 3.36. The molecule has 92 valence electrons. The molecule has 1 rings (SSSR count). The molecule has 0 aliphatic carbocycles. The number of halogens is 1. The third-order valence-corrected chi connectivity index (χ3v) is 4.76. The van der Waals surface area contributed by atoms with Gasteiger partial charge >= 0.3 is 0 Å². The number of hydrogen-bond donors (Lipinski definition) is 1. The lowest BCUT2D eigenvalue weighted by atomic mass is 10.1. The van der Waals surface area contributed by atoms with Gasteiger partial charge in [0.25, 0.3) is 0 Å². The van der Waals surface area contributed by atoms with Crippen LogP contribution in [0.25, 0.3) is 0 Å². The molecule has 1 atom stereocenters. The van der Waals surface area contributed by atoms with Crippen molar-refractivity contribution in [1.82, 2.24) is 5.32 Å². The van der Waals surface area contributed by atoms with Crippen LogP contribution >= 0.6 is 27.3 Å². The molecule has 16 heavy (non-hydrogen) atoms. The van der Waals surface area contributed by atoms with Crippen molar-refractivity contribution in [2.24, 2.45) is 0 Å². The first kappa shape index (κ1) is 14.2. The minimum Gasteiger partial charge on any atom is -0.385 e. The standard InChI is InChI=1S/C12H20BrNOS/c1-4-14-10(6-5-7-15-3)11-8-9(2)12(13)16-11/h8,10,14H,4-7H2,1-3H3. The maximum Gasteiger partial charge on any atom is 0.0731 e. The summed E-state index contributed by atoms with van der Waals surface area (Å²) in [5.74, 6) is 0. The molecule has 0 fully saturated rings. The molecule has 0 saturated carbocycles. The van der Waals surface area contributed by atoms with Crippen molar-refractivity contribution in [3.05, 3.63) is 20.3 Å². The first-order valence-electron chi connectivity index (χ1n) is 5.67. The van der Waals surface area contributed by atoms with Crippen LogP contribution in [0.3, 0.4) is 0 Å². The molecule has 0 radical (unpaired) electrons. The van der Waals surface area contributed by atoms with E-state index in [9.17, 15) is 0 Å². The summed E-state index contributed by atoms with van der Waals surface area (Å²) in [5, 5.41) is 3.53. The molecule has 1 aromatic rings. The lowest BCUT2D eigenvalue weighted by Crippen LogP contribution is -2.20. The topological polar surface area (TPSA) is 21.3 Å². The summed E-state index contributed by atoms with van der Waals surface area (Å²) in [7, 11) is 1.76. The van der Waals surface area contributed by atoms with Crippen LogP contribution in [0, 0.1) is 6.92 Å². The van der Waals surface area contributed by atoms with Crippen molar-refractivity contribution in [3.8, 4) is 0 Å². The van der Waals surface area contributed by atoms with E-state index in [1.165, 1.54) is 14.2 Å². The van der Waals surface area contributed by atoms with Gasteiger partial charge in [-0.3, -0.25) is 0 Å². The van der Waals surface area contributed by atoms with E-state index in [-0.39, 0.29) is 0 Å². The zero-order valence-electron chi connectivity index (χ0n) is 10.2. The Kier molecular flexibility index (Phi) is 6.58. The molecular formula is C12H20BrNOS. The Morgan fingerprint density at radius 1 is 1.56 bits per heavy atom. The van der Waals surface area contributed by atoms with Crippen molar-refractivity contribution in [1.29, 1.82) is 0 Å². The number of thiophene rings is 1. The molecule has 0 aliphatic heterocycles. The zero-order chi connectivity index (χ0) is 12.0. The van der Waals surface area contributed by atoms with Crippen molar-refractivity contribution >= 4 is 27.3 Å². The maximum absolute atomic E-state index is 5.10. The molecule has 2 nitrogen and oxygen atoms in total. The Balaban J connectivity index is 2.61. The number of nitrogens with one attached hydrogen (secondary N) is 1. The molecule has 1 unspecified atom stereocenters. The van der Waals surface area contributed by atoms with Crippen molar-refractivity contribution in [2.45, 2.75) is 32.7 Å². The highest BCUT2D eigenvalue weighted by Gasteiger charge is 2.13. The number of rotatable bonds is 7. The number of methoxy groups -OCH3 is 1. The van der Waals surface area contributed by atoms with E-state index in [0.29, 0.717) is 6.04 Å². The highest BCUT2D eigenvalue weighted by molar-refractivity contribution is 9.11. The summed E-state index contributed by atoms with van der Waals surface area (Å²) in [5.41, 5.74) is 1.33. The monoisotopic (exact) mass is 305 g/mol.